The van der Waals surface area contributed by atoms with E-state index in [2.05, 4.69) is 6.92 Å². The van der Waals surface area contributed by atoms with Crippen LogP contribution >= 0.6 is 22.9 Å². The topological polar surface area (TPSA) is 78.0 Å². The molecular formula is C21H22ClN3O2S. The van der Waals surface area contributed by atoms with Crippen molar-refractivity contribution in [2.24, 2.45) is 11.7 Å². The fourth-order valence-electron chi connectivity index (χ4n) is 3.88. The molecule has 4 rings (SSSR count). The molecule has 2 heterocycles. The molecule has 1 aliphatic carbocycles. The van der Waals surface area contributed by atoms with Gasteiger partial charge in [-0.1, -0.05) is 30.7 Å². The molecule has 0 saturated heterocycles. The molecule has 0 radical (unpaired) electrons. The van der Waals surface area contributed by atoms with Gasteiger partial charge in [0.15, 0.2) is 0 Å². The van der Waals surface area contributed by atoms with Crippen LogP contribution in [0.15, 0.2) is 29.1 Å². The zero-order chi connectivity index (χ0) is 19.8. The van der Waals surface area contributed by atoms with Gasteiger partial charge < -0.3 is 5.73 Å². The third-order valence-corrected chi connectivity index (χ3v) is 6.71. The number of carbonyl (C=O) groups is 1. The molecule has 3 aromatic rings. The number of hydrogen-bond donors (Lipinski definition) is 1. The van der Waals surface area contributed by atoms with Crippen molar-refractivity contribution in [1.82, 2.24) is 9.55 Å². The molecular weight excluding hydrogens is 394 g/mol. The van der Waals surface area contributed by atoms with Crippen LogP contribution < -0.4 is 11.3 Å². The Labute approximate surface area is 172 Å². The van der Waals surface area contributed by atoms with E-state index in [0.29, 0.717) is 23.2 Å². The Hall–Kier alpha value is -2.18. The van der Waals surface area contributed by atoms with E-state index in [9.17, 15) is 9.59 Å². The van der Waals surface area contributed by atoms with Crippen molar-refractivity contribution in [1.29, 1.82) is 0 Å². The highest BCUT2D eigenvalue weighted by Crippen LogP contribution is 2.36. The van der Waals surface area contributed by atoms with Gasteiger partial charge in [-0.15, -0.1) is 11.3 Å². The quantitative estimate of drug-likeness (QED) is 0.690. The normalized spacial score (nSPS) is 16.3. The summed E-state index contributed by atoms with van der Waals surface area (Å²) in [6.07, 6.45) is 3.59. The molecule has 1 unspecified atom stereocenters. The summed E-state index contributed by atoms with van der Waals surface area (Å²) in [4.78, 5) is 31.7. The van der Waals surface area contributed by atoms with Gasteiger partial charge in [0.1, 0.15) is 10.7 Å². The predicted molar refractivity (Wildman–Crippen MR) is 113 cm³/mol. The Kier molecular flexibility index (Phi) is 5.25. The van der Waals surface area contributed by atoms with E-state index in [1.807, 2.05) is 24.3 Å². The number of hydrogen-bond acceptors (Lipinski definition) is 4. The Morgan fingerprint density at radius 3 is 3.00 bits per heavy atom. The van der Waals surface area contributed by atoms with Crippen LogP contribution in [0.5, 0.6) is 0 Å². The Balaban J connectivity index is 1.85. The van der Waals surface area contributed by atoms with Gasteiger partial charge >= 0.3 is 0 Å². The number of benzene rings is 1. The van der Waals surface area contributed by atoms with Gasteiger partial charge in [-0.3, -0.25) is 14.2 Å². The van der Waals surface area contributed by atoms with Crippen LogP contribution in [-0.4, -0.2) is 15.5 Å². The minimum Gasteiger partial charge on any atom is -0.370 e. The van der Waals surface area contributed by atoms with Crippen LogP contribution in [0.1, 0.15) is 41.6 Å². The summed E-state index contributed by atoms with van der Waals surface area (Å²) in [6.45, 7) is 2.49. The number of rotatable bonds is 5. The SMILES string of the molecule is CC1CCc2c(sc3nc(Cc4cccc(Cl)c4)n(CCC(N)=O)c(=O)c23)C1. The number of nitrogens with two attached hydrogens (primary N) is 1. The average molecular weight is 416 g/mol. The summed E-state index contributed by atoms with van der Waals surface area (Å²) < 4.78 is 1.62. The molecule has 2 aromatic heterocycles. The first-order valence-electron chi connectivity index (χ1n) is 9.49. The van der Waals surface area contributed by atoms with Crippen LogP contribution in [0.2, 0.25) is 5.02 Å². The minimum atomic E-state index is -0.429. The molecule has 5 nitrogen and oxygen atoms in total. The zero-order valence-electron chi connectivity index (χ0n) is 15.7. The van der Waals surface area contributed by atoms with Crippen molar-refractivity contribution in [2.75, 3.05) is 0 Å². The average Bonchev–Trinajstić information content (AvgIpc) is 2.98. The predicted octanol–water partition coefficient (Wildman–Crippen LogP) is 3.70. The fourth-order valence-corrected chi connectivity index (χ4v) is 5.49. The van der Waals surface area contributed by atoms with E-state index in [4.69, 9.17) is 22.3 Å². The maximum absolute atomic E-state index is 13.4. The highest BCUT2D eigenvalue weighted by atomic mass is 35.5. The molecule has 1 amide bonds. The van der Waals surface area contributed by atoms with Gasteiger partial charge in [-0.25, -0.2) is 4.98 Å². The first kappa shape index (κ1) is 19.2. The lowest BCUT2D eigenvalue weighted by atomic mass is 9.89. The maximum atomic E-state index is 13.4. The highest BCUT2D eigenvalue weighted by Gasteiger charge is 2.24. The lowest BCUT2D eigenvalue weighted by Crippen LogP contribution is -2.28. The standard InChI is InChI=1S/C21H22ClN3O2S/c1-12-5-6-15-16(9-12)28-20-19(15)21(27)25(8-7-17(23)26)18(24-20)11-13-3-2-4-14(22)10-13/h2-4,10,12H,5-9,11H2,1H3,(H2,23,26). The van der Waals surface area contributed by atoms with Crippen LogP contribution in [0.4, 0.5) is 0 Å². The second kappa shape index (κ2) is 7.68. The summed E-state index contributed by atoms with van der Waals surface area (Å²) in [7, 11) is 0. The summed E-state index contributed by atoms with van der Waals surface area (Å²) in [5, 5.41) is 1.37. The number of halogens is 1. The number of nitrogens with zero attached hydrogens (tertiary/aromatic N) is 2. The Morgan fingerprint density at radius 2 is 2.25 bits per heavy atom. The number of aryl methyl sites for hydroxylation is 1. The number of thiophene rings is 1. The van der Waals surface area contributed by atoms with Gasteiger partial charge in [-0.05, 0) is 48.4 Å². The number of amides is 1. The summed E-state index contributed by atoms with van der Waals surface area (Å²) in [6, 6.07) is 7.53. The number of aromatic nitrogens is 2. The number of primary amides is 1. The van der Waals surface area contributed by atoms with Crippen molar-refractivity contribution in [2.45, 2.75) is 45.6 Å². The molecule has 0 saturated carbocycles. The summed E-state index contributed by atoms with van der Waals surface area (Å²) in [5.74, 6) is 0.845. The zero-order valence-corrected chi connectivity index (χ0v) is 17.3. The Morgan fingerprint density at radius 1 is 1.43 bits per heavy atom. The minimum absolute atomic E-state index is 0.0599. The molecule has 0 aliphatic heterocycles. The molecule has 28 heavy (non-hydrogen) atoms. The van der Waals surface area contributed by atoms with E-state index in [0.717, 1.165) is 40.6 Å². The van der Waals surface area contributed by atoms with Crippen molar-refractivity contribution in [3.63, 3.8) is 0 Å². The van der Waals surface area contributed by atoms with E-state index in [-0.39, 0.29) is 18.5 Å². The van der Waals surface area contributed by atoms with Gasteiger partial charge in [0.2, 0.25) is 5.91 Å². The Bertz CT molecular complexity index is 1120. The highest BCUT2D eigenvalue weighted by molar-refractivity contribution is 7.18. The van der Waals surface area contributed by atoms with E-state index in [1.165, 1.54) is 4.88 Å². The van der Waals surface area contributed by atoms with Crippen LogP contribution in [0.25, 0.3) is 10.2 Å². The van der Waals surface area contributed by atoms with Gasteiger partial charge in [0, 0.05) is 29.3 Å². The van der Waals surface area contributed by atoms with Crippen molar-refractivity contribution < 1.29 is 4.79 Å². The maximum Gasteiger partial charge on any atom is 0.262 e. The molecule has 0 fully saturated rings. The lowest BCUT2D eigenvalue weighted by molar-refractivity contribution is -0.118. The first-order valence-corrected chi connectivity index (χ1v) is 10.7. The van der Waals surface area contributed by atoms with Crippen molar-refractivity contribution in [3.05, 3.63) is 61.5 Å². The second-order valence-electron chi connectivity index (χ2n) is 7.54. The van der Waals surface area contributed by atoms with Crippen molar-refractivity contribution in [3.8, 4) is 0 Å². The molecule has 7 heteroatoms. The first-order chi connectivity index (χ1) is 13.4. The van der Waals surface area contributed by atoms with Crippen LogP contribution in [0.3, 0.4) is 0 Å². The third-order valence-electron chi connectivity index (χ3n) is 5.33. The van der Waals surface area contributed by atoms with Gasteiger partial charge in [-0.2, -0.15) is 0 Å². The number of fused-ring (bicyclic) bond motifs is 3. The second-order valence-corrected chi connectivity index (χ2v) is 9.06. The monoisotopic (exact) mass is 415 g/mol. The van der Waals surface area contributed by atoms with Gasteiger partial charge in [0.05, 0.1) is 5.39 Å². The summed E-state index contributed by atoms with van der Waals surface area (Å²) >= 11 is 7.75. The van der Waals surface area contributed by atoms with E-state index < -0.39 is 5.91 Å². The lowest BCUT2D eigenvalue weighted by Gasteiger charge is -2.18. The molecule has 146 valence electrons. The smallest absolute Gasteiger partial charge is 0.262 e. The number of carbonyl (C=O) groups excluding carboxylic acids is 1. The fraction of sp³-hybridized carbons (Fsp3) is 0.381. The van der Waals surface area contributed by atoms with E-state index in [1.54, 1.807) is 15.9 Å². The van der Waals surface area contributed by atoms with Gasteiger partial charge in [0.25, 0.3) is 5.56 Å². The summed E-state index contributed by atoms with van der Waals surface area (Å²) in [5.41, 5.74) is 7.41. The third kappa shape index (κ3) is 3.71. The molecule has 1 atom stereocenters. The largest absolute Gasteiger partial charge is 0.370 e. The van der Waals surface area contributed by atoms with Crippen LogP contribution in [0, 0.1) is 5.92 Å². The molecule has 0 bridgehead atoms. The molecule has 1 aliphatic rings. The molecule has 0 spiro atoms. The van der Waals surface area contributed by atoms with E-state index >= 15 is 0 Å². The molecule has 1 aromatic carbocycles. The van der Waals surface area contributed by atoms with Crippen LogP contribution in [-0.2, 0) is 30.6 Å². The van der Waals surface area contributed by atoms with Crippen molar-refractivity contribution >= 4 is 39.1 Å². The molecule has 2 N–H and O–H groups in total.